The first kappa shape index (κ1) is 13.3. The van der Waals surface area contributed by atoms with E-state index in [0.29, 0.717) is 6.29 Å². The van der Waals surface area contributed by atoms with Gasteiger partial charge in [0.15, 0.2) is 23.7 Å². The maximum Gasteiger partial charge on any atom is 0.196 e. The molecule has 8 heteroatoms. The quantitative estimate of drug-likeness (QED) is 0.535. The second kappa shape index (κ2) is 5.23. The third kappa shape index (κ3) is 2.50. The van der Waals surface area contributed by atoms with Gasteiger partial charge in [-0.25, -0.2) is 23.1 Å². The Kier molecular flexibility index (Phi) is 3.66. The number of benzene rings is 1. The summed E-state index contributed by atoms with van der Waals surface area (Å²) >= 11 is 5.64. The summed E-state index contributed by atoms with van der Waals surface area (Å²) in [7, 11) is 0. The summed E-state index contributed by atoms with van der Waals surface area (Å²) in [6.07, 6.45) is 1.40. The molecule has 0 spiro atoms. The fraction of sp³-hybridized carbons (Fsp3) is 0. The van der Waals surface area contributed by atoms with Gasteiger partial charge < -0.3 is 5.32 Å². The first-order valence-electron chi connectivity index (χ1n) is 4.90. The van der Waals surface area contributed by atoms with E-state index in [1.165, 1.54) is 0 Å². The van der Waals surface area contributed by atoms with Crippen LogP contribution in [0.15, 0.2) is 18.5 Å². The fourth-order valence-electron chi connectivity index (χ4n) is 1.33. The number of anilines is 2. The van der Waals surface area contributed by atoms with Crippen molar-refractivity contribution >= 4 is 29.4 Å². The molecule has 2 rings (SSSR count). The molecule has 98 valence electrons. The van der Waals surface area contributed by atoms with E-state index in [0.717, 1.165) is 18.5 Å². The van der Waals surface area contributed by atoms with Crippen LogP contribution in [0.4, 0.5) is 24.7 Å². The van der Waals surface area contributed by atoms with Gasteiger partial charge in [-0.2, -0.15) is 0 Å². The van der Waals surface area contributed by atoms with Crippen molar-refractivity contribution < 1.29 is 18.0 Å². The number of carbonyl (C=O) groups is 1. The van der Waals surface area contributed by atoms with Crippen LogP contribution in [0, 0.1) is 17.5 Å². The number of nitrogens with one attached hydrogen (secondary N) is 1. The van der Waals surface area contributed by atoms with Crippen LogP contribution in [-0.2, 0) is 0 Å². The van der Waals surface area contributed by atoms with E-state index in [9.17, 15) is 18.0 Å². The number of carbonyl (C=O) groups excluding carboxylic acids is 1. The van der Waals surface area contributed by atoms with Crippen molar-refractivity contribution in [2.75, 3.05) is 5.32 Å². The van der Waals surface area contributed by atoms with Crippen molar-refractivity contribution in [1.29, 1.82) is 0 Å². The van der Waals surface area contributed by atoms with E-state index in [1.807, 2.05) is 0 Å². The molecule has 2 aromatic rings. The maximum absolute atomic E-state index is 13.4. The first-order valence-corrected chi connectivity index (χ1v) is 5.28. The third-order valence-corrected chi connectivity index (χ3v) is 2.54. The van der Waals surface area contributed by atoms with Gasteiger partial charge in [-0.15, -0.1) is 0 Å². The maximum atomic E-state index is 13.4. The van der Waals surface area contributed by atoms with Gasteiger partial charge in [-0.3, -0.25) is 4.79 Å². The fourth-order valence-corrected chi connectivity index (χ4v) is 1.51. The smallest absolute Gasteiger partial charge is 0.196 e. The topological polar surface area (TPSA) is 54.9 Å². The molecule has 0 atom stereocenters. The van der Waals surface area contributed by atoms with Crippen LogP contribution in [0.25, 0.3) is 0 Å². The Hall–Kier alpha value is -2.15. The molecular weight excluding hydrogens is 283 g/mol. The molecule has 0 saturated carbocycles. The minimum absolute atomic E-state index is 0.111. The average molecular weight is 288 g/mol. The highest BCUT2D eigenvalue weighted by Gasteiger charge is 2.16. The van der Waals surface area contributed by atoms with Gasteiger partial charge in [-0.1, -0.05) is 11.6 Å². The number of hydrogen-bond donors (Lipinski definition) is 1. The van der Waals surface area contributed by atoms with Crippen LogP contribution in [0.5, 0.6) is 0 Å². The van der Waals surface area contributed by atoms with Gasteiger partial charge in [0.1, 0.15) is 17.3 Å². The lowest BCUT2D eigenvalue weighted by molar-refractivity contribution is 0.112. The molecule has 0 fully saturated rings. The Balaban J connectivity index is 2.45. The number of hydrogen-bond acceptors (Lipinski definition) is 4. The van der Waals surface area contributed by atoms with Crippen LogP contribution in [-0.4, -0.2) is 16.3 Å². The molecule has 1 aromatic carbocycles. The van der Waals surface area contributed by atoms with Crippen molar-refractivity contribution in [2.24, 2.45) is 0 Å². The van der Waals surface area contributed by atoms with Gasteiger partial charge in [-0.05, 0) is 12.1 Å². The van der Waals surface area contributed by atoms with E-state index in [-0.39, 0.29) is 22.2 Å². The Labute approximate surface area is 110 Å². The average Bonchev–Trinajstić information content (AvgIpc) is 2.40. The zero-order valence-corrected chi connectivity index (χ0v) is 9.88. The minimum Gasteiger partial charge on any atom is -0.337 e. The highest BCUT2D eigenvalue weighted by atomic mass is 35.5. The Morgan fingerprint density at radius 3 is 2.58 bits per heavy atom. The van der Waals surface area contributed by atoms with Gasteiger partial charge in [0, 0.05) is 0 Å². The predicted octanol–water partition coefficient (Wildman–Crippen LogP) is 3.10. The second-order valence-corrected chi connectivity index (χ2v) is 3.75. The van der Waals surface area contributed by atoms with Gasteiger partial charge in [0.2, 0.25) is 0 Å². The molecule has 0 unspecified atom stereocenters. The third-order valence-electron chi connectivity index (χ3n) is 2.24. The van der Waals surface area contributed by atoms with Gasteiger partial charge >= 0.3 is 0 Å². The molecular formula is C11H5ClF3N3O. The summed E-state index contributed by atoms with van der Waals surface area (Å²) in [5.74, 6) is -4.48. The van der Waals surface area contributed by atoms with Crippen LogP contribution < -0.4 is 5.32 Å². The molecule has 19 heavy (non-hydrogen) atoms. The summed E-state index contributed by atoms with van der Waals surface area (Å²) in [4.78, 5) is 18.1. The SMILES string of the molecule is O=Cc1c(Cl)ncnc1Nc1ccc(F)c(F)c1F. The normalized spacial score (nSPS) is 10.3. The highest BCUT2D eigenvalue weighted by molar-refractivity contribution is 6.32. The van der Waals surface area contributed by atoms with E-state index in [1.54, 1.807) is 0 Å². The molecule has 4 nitrogen and oxygen atoms in total. The Morgan fingerprint density at radius 2 is 1.89 bits per heavy atom. The number of halogens is 4. The van der Waals surface area contributed by atoms with E-state index >= 15 is 0 Å². The summed E-state index contributed by atoms with van der Waals surface area (Å²) < 4.78 is 39.2. The van der Waals surface area contributed by atoms with E-state index in [2.05, 4.69) is 15.3 Å². The van der Waals surface area contributed by atoms with Crippen molar-refractivity contribution in [3.8, 4) is 0 Å². The largest absolute Gasteiger partial charge is 0.337 e. The van der Waals surface area contributed by atoms with Crippen LogP contribution in [0.3, 0.4) is 0 Å². The predicted molar refractivity (Wildman–Crippen MR) is 62.0 cm³/mol. The van der Waals surface area contributed by atoms with Crippen molar-refractivity contribution in [3.05, 3.63) is 46.6 Å². The monoisotopic (exact) mass is 287 g/mol. The van der Waals surface area contributed by atoms with Crippen LogP contribution in [0.2, 0.25) is 5.15 Å². The lowest BCUT2D eigenvalue weighted by Crippen LogP contribution is -2.04. The number of aromatic nitrogens is 2. The molecule has 0 aliphatic carbocycles. The minimum atomic E-state index is -1.63. The molecule has 1 N–H and O–H groups in total. The molecule has 0 saturated heterocycles. The van der Waals surface area contributed by atoms with E-state index in [4.69, 9.17) is 11.6 Å². The summed E-state index contributed by atoms with van der Waals surface area (Å²) in [6.45, 7) is 0. The lowest BCUT2D eigenvalue weighted by Gasteiger charge is -2.09. The number of nitrogens with zero attached hydrogens (tertiary/aromatic N) is 2. The van der Waals surface area contributed by atoms with Crippen LogP contribution in [0.1, 0.15) is 10.4 Å². The van der Waals surface area contributed by atoms with Crippen molar-refractivity contribution in [3.63, 3.8) is 0 Å². The molecule has 0 aliphatic rings. The summed E-state index contributed by atoms with van der Waals surface area (Å²) in [6, 6.07) is 1.71. The first-order chi connectivity index (χ1) is 9.04. The Morgan fingerprint density at radius 1 is 1.16 bits per heavy atom. The molecule has 1 aromatic heterocycles. The highest BCUT2D eigenvalue weighted by Crippen LogP contribution is 2.25. The van der Waals surface area contributed by atoms with Gasteiger partial charge in [0.05, 0.1) is 11.3 Å². The number of aldehydes is 1. The van der Waals surface area contributed by atoms with Crippen molar-refractivity contribution in [1.82, 2.24) is 9.97 Å². The standard InChI is InChI=1S/C11H5ClF3N3O/c12-10-5(3-19)11(17-4-16-10)18-7-2-1-6(13)8(14)9(7)15/h1-4H,(H,16,17,18). The van der Waals surface area contributed by atoms with Crippen molar-refractivity contribution in [2.45, 2.75) is 0 Å². The molecule has 0 amide bonds. The zero-order valence-electron chi connectivity index (χ0n) is 9.12. The second-order valence-electron chi connectivity index (χ2n) is 3.39. The summed E-state index contributed by atoms with van der Waals surface area (Å²) in [5, 5.41) is 2.21. The Bertz CT molecular complexity index is 651. The van der Waals surface area contributed by atoms with Gasteiger partial charge in [0.25, 0.3) is 0 Å². The van der Waals surface area contributed by atoms with Crippen LogP contribution >= 0.6 is 11.6 Å². The lowest BCUT2D eigenvalue weighted by atomic mass is 10.2. The molecule has 0 radical (unpaired) electrons. The molecule has 1 heterocycles. The van der Waals surface area contributed by atoms with E-state index < -0.39 is 17.5 Å². The molecule has 0 bridgehead atoms. The number of rotatable bonds is 3. The molecule has 0 aliphatic heterocycles. The zero-order chi connectivity index (χ0) is 14.0. The summed E-state index contributed by atoms with van der Waals surface area (Å²) in [5.41, 5.74) is -0.495.